The number of anilines is 1. The van der Waals surface area contributed by atoms with E-state index in [1.165, 1.54) is 24.3 Å². The highest BCUT2D eigenvalue weighted by Gasteiger charge is 2.03. The standard InChI is InChI=1S/C10H9NO4.C3H8O/c12-6-5-9(13)11-8-3-1-7(2-4-8)10(14)15;1-3-4-2/h1-4,6H,5H2,(H,11,13)(H,14,15);3H2,1-2H3. The molecule has 0 heterocycles. The van der Waals surface area contributed by atoms with Crippen LogP contribution in [0.25, 0.3) is 0 Å². The number of benzene rings is 1. The topological polar surface area (TPSA) is 92.7 Å². The van der Waals surface area contributed by atoms with E-state index in [1.54, 1.807) is 7.11 Å². The minimum atomic E-state index is -1.03. The molecule has 0 saturated heterocycles. The SMILES string of the molecule is CCOC.O=CCC(=O)Nc1ccc(C(=O)O)cc1. The molecule has 0 atom stereocenters. The summed E-state index contributed by atoms with van der Waals surface area (Å²) < 4.78 is 4.54. The Morgan fingerprint density at radius 3 is 2.21 bits per heavy atom. The molecule has 104 valence electrons. The molecule has 0 saturated carbocycles. The van der Waals surface area contributed by atoms with Gasteiger partial charge in [0.05, 0.1) is 12.0 Å². The molecule has 6 nitrogen and oxygen atoms in total. The Morgan fingerprint density at radius 1 is 1.32 bits per heavy atom. The van der Waals surface area contributed by atoms with E-state index in [-0.39, 0.29) is 12.0 Å². The van der Waals surface area contributed by atoms with Crippen LogP contribution in [-0.2, 0) is 14.3 Å². The number of rotatable bonds is 5. The van der Waals surface area contributed by atoms with E-state index in [4.69, 9.17) is 5.11 Å². The maximum absolute atomic E-state index is 11.0. The Bertz CT molecular complexity index is 412. The first-order valence-corrected chi connectivity index (χ1v) is 5.60. The molecule has 0 aliphatic rings. The Labute approximate surface area is 111 Å². The van der Waals surface area contributed by atoms with E-state index in [0.717, 1.165) is 6.61 Å². The zero-order valence-corrected chi connectivity index (χ0v) is 10.9. The lowest BCUT2D eigenvalue weighted by Gasteiger charge is -2.02. The Morgan fingerprint density at radius 2 is 1.84 bits per heavy atom. The third-order valence-electron chi connectivity index (χ3n) is 1.97. The Hall–Kier alpha value is -2.21. The molecule has 6 heteroatoms. The molecule has 1 rings (SSSR count). The van der Waals surface area contributed by atoms with Crippen LogP contribution >= 0.6 is 0 Å². The summed E-state index contributed by atoms with van der Waals surface area (Å²) in [5.74, 6) is -1.45. The van der Waals surface area contributed by atoms with Crippen molar-refractivity contribution in [1.29, 1.82) is 0 Å². The number of ether oxygens (including phenoxy) is 1. The van der Waals surface area contributed by atoms with Crippen molar-refractivity contribution in [1.82, 2.24) is 0 Å². The normalized spacial score (nSPS) is 8.95. The summed E-state index contributed by atoms with van der Waals surface area (Å²) in [6, 6.07) is 5.68. The van der Waals surface area contributed by atoms with Gasteiger partial charge in [-0.05, 0) is 31.2 Å². The maximum atomic E-state index is 11.0. The van der Waals surface area contributed by atoms with Gasteiger partial charge in [-0.2, -0.15) is 0 Å². The number of aromatic carboxylic acids is 1. The minimum Gasteiger partial charge on any atom is -0.478 e. The largest absolute Gasteiger partial charge is 0.478 e. The third kappa shape index (κ3) is 7.67. The third-order valence-corrected chi connectivity index (χ3v) is 1.97. The lowest BCUT2D eigenvalue weighted by molar-refractivity contribution is -0.119. The Kier molecular flexibility index (Phi) is 8.64. The number of amides is 1. The molecule has 2 N–H and O–H groups in total. The molecular formula is C13H17NO5. The van der Waals surface area contributed by atoms with E-state index >= 15 is 0 Å². The van der Waals surface area contributed by atoms with Crippen LogP contribution < -0.4 is 5.32 Å². The summed E-state index contributed by atoms with van der Waals surface area (Å²) in [6.45, 7) is 2.78. The van der Waals surface area contributed by atoms with Gasteiger partial charge < -0.3 is 20.0 Å². The average Bonchev–Trinajstić information content (AvgIpc) is 2.40. The molecule has 0 fully saturated rings. The molecule has 1 amide bonds. The second-order valence-corrected chi connectivity index (χ2v) is 3.38. The average molecular weight is 267 g/mol. The van der Waals surface area contributed by atoms with Crippen molar-refractivity contribution in [3.63, 3.8) is 0 Å². The first-order chi connectivity index (χ1) is 9.04. The summed E-state index contributed by atoms with van der Waals surface area (Å²) >= 11 is 0. The smallest absolute Gasteiger partial charge is 0.335 e. The monoisotopic (exact) mass is 267 g/mol. The van der Waals surface area contributed by atoms with Gasteiger partial charge in [0, 0.05) is 19.4 Å². The van der Waals surface area contributed by atoms with E-state index in [2.05, 4.69) is 10.1 Å². The van der Waals surface area contributed by atoms with Crippen molar-refractivity contribution in [2.75, 3.05) is 19.0 Å². The van der Waals surface area contributed by atoms with Gasteiger partial charge in [-0.15, -0.1) is 0 Å². The van der Waals surface area contributed by atoms with Crippen molar-refractivity contribution >= 4 is 23.9 Å². The molecule has 0 aromatic heterocycles. The highest BCUT2D eigenvalue weighted by molar-refractivity contribution is 5.98. The number of hydrogen-bond donors (Lipinski definition) is 2. The maximum Gasteiger partial charge on any atom is 0.335 e. The minimum absolute atomic E-state index is 0.142. The van der Waals surface area contributed by atoms with Gasteiger partial charge in [0.15, 0.2) is 0 Å². The summed E-state index contributed by atoms with van der Waals surface area (Å²) in [4.78, 5) is 31.5. The number of carboxylic acids is 1. The molecule has 0 unspecified atom stereocenters. The fourth-order valence-electron chi connectivity index (χ4n) is 0.984. The van der Waals surface area contributed by atoms with Crippen LogP contribution in [-0.4, -0.2) is 37.0 Å². The summed E-state index contributed by atoms with van der Waals surface area (Å²) in [6.07, 6.45) is 0.293. The van der Waals surface area contributed by atoms with Gasteiger partial charge in [-0.1, -0.05) is 0 Å². The summed E-state index contributed by atoms with van der Waals surface area (Å²) in [7, 11) is 1.68. The van der Waals surface area contributed by atoms with Gasteiger partial charge in [0.2, 0.25) is 5.91 Å². The van der Waals surface area contributed by atoms with Crippen molar-refractivity contribution in [2.24, 2.45) is 0 Å². The van der Waals surface area contributed by atoms with Crippen molar-refractivity contribution in [2.45, 2.75) is 13.3 Å². The van der Waals surface area contributed by atoms with Crippen LogP contribution in [0.1, 0.15) is 23.7 Å². The number of carbonyl (C=O) groups excluding carboxylic acids is 2. The van der Waals surface area contributed by atoms with Crippen molar-refractivity contribution in [3.8, 4) is 0 Å². The van der Waals surface area contributed by atoms with Crippen LogP contribution in [0.15, 0.2) is 24.3 Å². The lowest BCUT2D eigenvalue weighted by Crippen LogP contribution is -2.11. The van der Waals surface area contributed by atoms with Gasteiger partial charge in [0.25, 0.3) is 0 Å². The van der Waals surface area contributed by atoms with Gasteiger partial charge in [-0.25, -0.2) is 4.79 Å². The highest BCUT2D eigenvalue weighted by atomic mass is 16.5. The first-order valence-electron chi connectivity index (χ1n) is 5.60. The van der Waals surface area contributed by atoms with E-state index in [1.807, 2.05) is 6.92 Å². The molecular weight excluding hydrogens is 250 g/mol. The first kappa shape index (κ1) is 16.8. The number of nitrogens with one attached hydrogen (secondary N) is 1. The van der Waals surface area contributed by atoms with Crippen LogP contribution in [0.2, 0.25) is 0 Å². The van der Waals surface area contributed by atoms with E-state index in [0.29, 0.717) is 12.0 Å². The predicted octanol–water partition coefficient (Wildman–Crippen LogP) is 1.56. The zero-order valence-electron chi connectivity index (χ0n) is 10.9. The number of carboxylic acid groups (broad SMARTS) is 1. The molecule has 0 spiro atoms. The number of hydrogen-bond acceptors (Lipinski definition) is 4. The molecule has 0 bridgehead atoms. The zero-order chi connectivity index (χ0) is 14.7. The molecule has 0 aliphatic carbocycles. The number of carbonyl (C=O) groups is 3. The number of aldehydes is 1. The fourth-order valence-corrected chi connectivity index (χ4v) is 0.984. The molecule has 1 aromatic carbocycles. The van der Waals surface area contributed by atoms with Gasteiger partial charge in [-0.3, -0.25) is 4.79 Å². The second kappa shape index (κ2) is 9.78. The van der Waals surface area contributed by atoms with Gasteiger partial charge >= 0.3 is 5.97 Å². The predicted molar refractivity (Wildman–Crippen MR) is 70.3 cm³/mol. The van der Waals surface area contributed by atoms with E-state index < -0.39 is 11.9 Å². The van der Waals surface area contributed by atoms with Crippen LogP contribution in [0, 0.1) is 0 Å². The second-order valence-electron chi connectivity index (χ2n) is 3.38. The molecule has 0 aliphatic heterocycles. The van der Waals surface area contributed by atoms with Crippen LogP contribution in [0.3, 0.4) is 0 Å². The quantitative estimate of drug-likeness (QED) is 0.624. The van der Waals surface area contributed by atoms with Crippen LogP contribution in [0.4, 0.5) is 5.69 Å². The van der Waals surface area contributed by atoms with Crippen molar-refractivity contribution in [3.05, 3.63) is 29.8 Å². The fraction of sp³-hybridized carbons (Fsp3) is 0.308. The summed E-state index contributed by atoms with van der Waals surface area (Å²) in [5.41, 5.74) is 0.607. The summed E-state index contributed by atoms with van der Waals surface area (Å²) in [5, 5.41) is 11.1. The van der Waals surface area contributed by atoms with Crippen LogP contribution in [0.5, 0.6) is 0 Å². The van der Waals surface area contributed by atoms with Crippen molar-refractivity contribution < 1.29 is 24.2 Å². The number of methoxy groups -OCH3 is 1. The van der Waals surface area contributed by atoms with E-state index in [9.17, 15) is 14.4 Å². The molecule has 1 aromatic rings. The Balaban J connectivity index is 0.000000711. The molecule has 0 radical (unpaired) electrons. The highest BCUT2D eigenvalue weighted by Crippen LogP contribution is 2.09. The lowest BCUT2D eigenvalue weighted by atomic mass is 10.2. The van der Waals surface area contributed by atoms with Gasteiger partial charge in [0.1, 0.15) is 6.29 Å². The molecule has 19 heavy (non-hydrogen) atoms.